The lowest BCUT2D eigenvalue weighted by Gasteiger charge is -2.23. The number of para-hydroxylation sites is 3. The van der Waals surface area contributed by atoms with Gasteiger partial charge in [0.2, 0.25) is 0 Å². The Bertz CT molecular complexity index is 3240. The minimum atomic E-state index is 0.633. The molecule has 4 heterocycles. The van der Waals surface area contributed by atoms with E-state index in [4.69, 9.17) is 19.9 Å². The predicted molar refractivity (Wildman–Crippen MR) is 242 cm³/mol. The highest BCUT2D eigenvalue weighted by Crippen LogP contribution is 2.45. The summed E-state index contributed by atoms with van der Waals surface area (Å²) in [7, 11) is 0. The predicted octanol–water partition coefficient (Wildman–Crippen LogP) is 12.8. The highest BCUT2D eigenvalue weighted by molar-refractivity contribution is 6.15. The van der Waals surface area contributed by atoms with Crippen molar-refractivity contribution < 1.29 is 0 Å². The first kappa shape index (κ1) is 34.3. The van der Waals surface area contributed by atoms with Crippen LogP contribution in [-0.2, 0) is 6.42 Å². The van der Waals surface area contributed by atoms with Gasteiger partial charge in [-0.05, 0) is 53.1 Å². The van der Waals surface area contributed by atoms with Gasteiger partial charge >= 0.3 is 0 Å². The lowest BCUT2D eigenvalue weighted by atomic mass is 9.95. The first-order valence-corrected chi connectivity index (χ1v) is 19.8. The van der Waals surface area contributed by atoms with Gasteiger partial charge in [0.25, 0.3) is 0 Å². The van der Waals surface area contributed by atoms with E-state index in [1.54, 1.807) is 0 Å². The lowest BCUT2D eigenvalue weighted by molar-refractivity contribution is 1.02. The molecule has 0 atom stereocenters. The molecule has 1 aliphatic heterocycles. The van der Waals surface area contributed by atoms with Crippen LogP contribution in [0.4, 0.5) is 0 Å². The van der Waals surface area contributed by atoms with E-state index in [9.17, 15) is 0 Å². The average Bonchev–Trinajstić information content (AvgIpc) is 3.86. The normalized spacial score (nSPS) is 13.1. The second-order valence-corrected chi connectivity index (χ2v) is 14.7. The number of imidazole rings is 1. The summed E-state index contributed by atoms with van der Waals surface area (Å²) in [6.45, 7) is 3.88. The van der Waals surface area contributed by atoms with Crippen molar-refractivity contribution in [3.63, 3.8) is 0 Å². The number of rotatable bonds is 7. The molecule has 0 radical (unpaired) electrons. The van der Waals surface area contributed by atoms with Crippen molar-refractivity contribution >= 4 is 38.5 Å². The van der Waals surface area contributed by atoms with Gasteiger partial charge in [0.15, 0.2) is 17.5 Å². The van der Waals surface area contributed by atoms with Gasteiger partial charge in [-0.15, -0.1) is 0 Å². The van der Waals surface area contributed by atoms with E-state index in [1.807, 2.05) is 72.8 Å². The van der Waals surface area contributed by atoms with E-state index >= 15 is 0 Å². The molecule has 0 spiro atoms. The van der Waals surface area contributed by atoms with Crippen LogP contribution in [0.3, 0.4) is 0 Å². The average molecular weight is 757 g/mol. The van der Waals surface area contributed by atoms with Crippen molar-refractivity contribution in [2.45, 2.75) is 6.42 Å². The monoisotopic (exact) mass is 756 g/mol. The largest absolute Gasteiger partial charge is 0.308 e. The molecule has 0 bridgehead atoms. The fourth-order valence-corrected chi connectivity index (χ4v) is 8.48. The zero-order valence-corrected chi connectivity index (χ0v) is 32.1. The highest BCUT2D eigenvalue weighted by atomic mass is 15.1. The standard InChI is InChI=1S/C53H36N6/c1-2-3-6-21-42-34-40-31-32-44-43-23-11-13-25-46(43)58(49(44)48(40)53-54-45-24-12-14-26-47(45)59(42)53)41-22-15-20-39(33-41)35-27-29-38(30-28-35)52-56-50(36-16-7-4-8-17-36)55-51(57-52)37-18-9-5-10-19-37/h2-33H,1,34H2/b6-3-,42-21+. The van der Waals surface area contributed by atoms with Gasteiger partial charge in [-0.3, -0.25) is 4.57 Å². The van der Waals surface area contributed by atoms with Gasteiger partial charge in [0.05, 0.1) is 22.1 Å². The van der Waals surface area contributed by atoms with Crippen LogP contribution in [0, 0.1) is 0 Å². The number of aromatic nitrogens is 6. The molecule has 3 aromatic heterocycles. The molecule has 1 aliphatic rings. The Morgan fingerprint density at radius 2 is 1.08 bits per heavy atom. The molecular weight excluding hydrogens is 721 g/mol. The summed E-state index contributed by atoms with van der Waals surface area (Å²) in [5, 5.41) is 2.41. The van der Waals surface area contributed by atoms with Crippen LogP contribution in [0.15, 0.2) is 201 Å². The lowest BCUT2D eigenvalue weighted by Crippen LogP contribution is -2.11. The summed E-state index contributed by atoms with van der Waals surface area (Å²) in [6.07, 6.45) is 8.80. The van der Waals surface area contributed by atoms with Crippen molar-refractivity contribution in [1.82, 2.24) is 29.1 Å². The van der Waals surface area contributed by atoms with E-state index in [-0.39, 0.29) is 0 Å². The van der Waals surface area contributed by atoms with Crippen molar-refractivity contribution in [3.8, 4) is 62.4 Å². The Morgan fingerprint density at radius 3 is 1.80 bits per heavy atom. The molecule has 7 aromatic carbocycles. The summed E-state index contributed by atoms with van der Waals surface area (Å²) in [6, 6.07) is 59.2. The van der Waals surface area contributed by atoms with Crippen molar-refractivity contribution in [3.05, 3.63) is 206 Å². The third-order valence-electron chi connectivity index (χ3n) is 11.2. The third-order valence-corrected chi connectivity index (χ3v) is 11.2. The van der Waals surface area contributed by atoms with Gasteiger partial charge in [-0.1, -0.05) is 164 Å². The molecule has 0 amide bonds. The number of hydrogen-bond donors (Lipinski definition) is 0. The number of benzene rings is 7. The Kier molecular flexibility index (Phi) is 8.26. The first-order chi connectivity index (χ1) is 29.2. The summed E-state index contributed by atoms with van der Waals surface area (Å²) >= 11 is 0. The second kappa shape index (κ2) is 14.2. The Labute approximate surface area is 341 Å². The van der Waals surface area contributed by atoms with Gasteiger partial charge in [-0.2, -0.15) is 0 Å². The molecular formula is C53H36N6. The summed E-state index contributed by atoms with van der Waals surface area (Å²) in [5.41, 5.74) is 14.1. The van der Waals surface area contributed by atoms with Crippen LogP contribution in [0.2, 0.25) is 0 Å². The number of hydrogen-bond acceptors (Lipinski definition) is 4. The maximum Gasteiger partial charge on any atom is 0.164 e. The van der Waals surface area contributed by atoms with Gasteiger partial charge in [0, 0.05) is 50.8 Å². The number of allylic oxidation sites excluding steroid dienone is 5. The van der Waals surface area contributed by atoms with E-state index in [0.29, 0.717) is 17.5 Å². The molecule has 0 N–H and O–H groups in total. The zero-order chi connectivity index (χ0) is 39.3. The van der Waals surface area contributed by atoms with E-state index < -0.39 is 0 Å². The molecule has 278 valence electrons. The van der Waals surface area contributed by atoms with Gasteiger partial charge in [0.1, 0.15) is 5.82 Å². The maximum atomic E-state index is 5.32. The summed E-state index contributed by atoms with van der Waals surface area (Å²) in [4.78, 5) is 20.1. The van der Waals surface area contributed by atoms with E-state index in [0.717, 1.165) is 73.4 Å². The molecule has 0 fully saturated rings. The van der Waals surface area contributed by atoms with Crippen LogP contribution in [0.25, 0.3) is 101 Å². The fourth-order valence-electron chi connectivity index (χ4n) is 8.48. The fraction of sp³-hybridized carbons (Fsp3) is 0.0189. The molecule has 0 saturated carbocycles. The number of nitrogens with zero attached hydrogens (tertiary/aromatic N) is 6. The van der Waals surface area contributed by atoms with Crippen molar-refractivity contribution in [2.24, 2.45) is 0 Å². The third kappa shape index (κ3) is 5.89. The Hall–Kier alpha value is -7.96. The molecule has 0 unspecified atom stereocenters. The zero-order valence-electron chi connectivity index (χ0n) is 32.1. The molecule has 11 rings (SSSR count). The second-order valence-electron chi connectivity index (χ2n) is 14.7. The van der Waals surface area contributed by atoms with Crippen LogP contribution >= 0.6 is 0 Å². The van der Waals surface area contributed by atoms with Crippen molar-refractivity contribution in [2.75, 3.05) is 0 Å². The quantitative estimate of drug-likeness (QED) is 0.152. The molecule has 59 heavy (non-hydrogen) atoms. The molecule has 6 heteroatoms. The van der Waals surface area contributed by atoms with E-state index in [2.05, 4.69) is 137 Å². The summed E-state index contributed by atoms with van der Waals surface area (Å²) < 4.78 is 4.76. The van der Waals surface area contributed by atoms with Gasteiger partial charge in [-0.25, -0.2) is 19.9 Å². The highest BCUT2D eigenvalue weighted by Gasteiger charge is 2.28. The van der Waals surface area contributed by atoms with Crippen molar-refractivity contribution in [1.29, 1.82) is 0 Å². The Balaban J connectivity index is 1.04. The van der Waals surface area contributed by atoms with E-state index in [1.165, 1.54) is 22.0 Å². The van der Waals surface area contributed by atoms with Crippen LogP contribution < -0.4 is 0 Å². The van der Waals surface area contributed by atoms with Crippen LogP contribution in [0.1, 0.15) is 5.56 Å². The summed E-state index contributed by atoms with van der Waals surface area (Å²) in [5.74, 6) is 2.88. The number of fused-ring (bicyclic) bond motifs is 9. The molecule has 6 nitrogen and oxygen atoms in total. The maximum absolute atomic E-state index is 5.32. The molecule has 0 aliphatic carbocycles. The van der Waals surface area contributed by atoms with Crippen LogP contribution in [-0.4, -0.2) is 29.1 Å². The minimum Gasteiger partial charge on any atom is -0.308 e. The minimum absolute atomic E-state index is 0.633. The molecule has 0 saturated heterocycles. The molecule has 10 aromatic rings. The van der Waals surface area contributed by atoms with Crippen LogP contribution in [0.5, 0.6) is 0 Å². The SMILES string of the molecule is C=C/C=C\C=C1/Cc2ccc3c4ccccc4n(-c4cccc(-c5ccc(-c6nc(-c7ccccc7)nc(-c7ccccc7)n6)cc5)c4)c3c2-c2nc3ccccc3n21. The first-order valence-electron chi connectivity index (χ1n) is 19.8. The topological polar surface area (TPSA) is 61.4 Å². The smallest absolute Gasteiger partial charge is 0.164 e. The Morgan fingerprint density at radius 1 is 0.475 bits per heavy atom. The van der Waals surface area contributed by atoms with Gasteiger partial charge < -0.3 is 4.57 Å².